The van der Waals surface area contributed by atoms with Gasteiger partial charge in [-0.25, -0.2) is 4.98 Å². The summed E-state index contributed by atoms with van der Waals surface area (Å²) in [7, 11) is 0. The van der Waals surface area contributed by atoms with Gasteiger partial charge in [-0.2, -0.15) is 10.5 Å². The van der Waals surface area contributed by atoms with E-state index in [0.29, 0.717) is 28.3 Å². The van der Waals surface area contributed by atoms with Gasteiger partial charge in [-0.1, -0.05) is 0 Å². The third-order valence-corrected chi connectivity index (χ3v) is 2.59. The average molecular weight is 249 g/mol. The number of hydrogen-bond donors (Lipinski definition) is 2. The number of nitriles is 2. The van der Waals surface area contributed by atoms with Crippen molar-refractivity contribution in [2.75, 3.05) is 11.1 Å². The van der Waals surface area contributed by atoms with Crippen LogP contribution >= 0.6 is 0 Å². The van der Waals surface area contributed by atoms with Crippen LogP contribution in [-0.2, 0) is 0 Å². The Kier molecular flexibility index (Phi) is 3.31. The van der Waals surface area contributed by atoms with Gasteiger partial charge >= 0.3 is 0 Å². The standard InChI is InChI=1S/C14H11N5/c1-9-2-5-13(17)14(18-9)19-12-4-3-10(7-15)11(6-12)8-16/h2-6H,17H2,1H3,(H,18,19). The fourth-order valence-corrected chi connectivity index (χ4v) is 1.62. The highest BCUT2D eigenvalue weighted by molar-refractivity contribution is 5.70. The number of nitrogen functional groups attached to an aromatic ring is 1. The van der Waals surface area contributed by atoms with Crippen LogP contribution in [0.25, 0.3) is 0 Å². The van der Waals surface area contributed by atoms with Gasteiger partial charge in [-0.15, -0.1) is 0 Å². The summed E-state index contributed by atoms with van der Waals surface area (Å²) in [4.78, 5) is 4.28. The summed E-state index contributed by atoms with van der Waals surface area (Å²) in [5.41, 5.74) is 8.51. The lowest BCUT2D eigenvalue weighted by molar-refractivity contribution is 1.20. The van der Waals surface area contributed by atoms with Crippen molar-refractivity contribution in [3.05, 3.63) is 47.2 Å². The van der Waals surface area contributed by atoms with Crippen molar-refractivity contribution in [1.29, 1.82) is 10.5 Å². The first kappa shape index (κ1) is 12.4. The third kappa shape index (κ3) is 2.62. The predicted molar refractivity (Wildman–Crippen MR) is 72.5 cm³/mol. The molecular formula is C14H11N5. The van der Waals surface area contributed by atoms with Crippen LogP contribution in [0.3, 0.4) is 0 Å². The summed E-state index contributed by atoms with van der Waals surface area (Å²) in [5.74, 6) is 0.536. The Balaban J connectivity index is 2.37. The molecule has 92 valence electrons. The molecule has 0 amide bonds. The molecule has 2 aromatic rings. The first-order valence-corrected chi connectivity index (χ1v) is 5.58. The number of anilines is 3. The Morgan fingerprint density at radius 1 is 1.11 bits per heavy atom. The fourth-order valence-electron chi connectivity index (χ4n) is 1.62. The largest absolute Gasteiger partial charge is 0.396 e. The molecule has 5 heteroatoms. The molecule has 1 aromatic carbocycles. The van der Waals surface area contributed by atoms with E-state index < -0.39 is 0 Å². The van der Waals surface area contributed by atoms with E-state index in [1.165, 1.54) is 0 Å². The molecule has 0 bridgehead atoms. The van der Waals surface area contributed by atoms with E-state index >= 15 is 0 Å². The maximum absolute atomic E-state index is 8.97. The van der Waals surface area contributed by atoms with Crippen molar-refractivity contribution in [3.63, 3.8) is 0 Å². The quantitative estimate of drug-likeness (QED) is 0.851. The number of nitrogens with zero attached hydrogens (tertiary/aromatic N) is 3. The zero-order valence-electron chi connectivity index (χ0n) is 10.3. The summed E-state index contributed by atoms with van der Waals surface area (Å²) in [6, 6.07) is 12.4. The second kappa shape index (κ2) is 5.07. The van der Waals surface area contributed by atoms with Crippen LogP contribution in [0.2, 0.25) is 0 Å². The predicted octanol–water partition coefficient (Wildman–Crippen LogP) is 2.46. The molecule has 0 unspecified atom stereocenters. The van der Waals surface area contributed by atoms with Gasteiger partial charge in [0.15, 0.2) is 5.82 Å². The molecule has 3 N–H and O–H groups in total. The topological polar surface area (TPSA) is 98.5 Å². The van der Waals surface area contributed by atoms with Gasteiger partial charge in [0.2, 0.25) is 0 Å². The van der Waals surface area contributed by atoms with Crippen LogP contribution < -0.4 is 11.1 Å². The number of nitrogens with two attached hydrogens (primary N) is 1. The smallest absolute Gasteiger partial charge is 0.153 e. The van der Waals surface area contributed by atoms with Crippen LogP contribution in [0.1, 0.15) is 16.8 Å². The summed E-state index contributed by atoms with van der Waals surface area (Å²) < 4.78 is 0. The highest BCUT2D eigenvalue weighted by Gasteiger charge is 2.05. The monoisotopic (exact) mass is 249 g/mol. The Morgan fingerprint density at radius 2 is 1.84 bits per heavy atom. The highest BCUT2D eigenvalue weighted by atomic mass is 15.0. The molecule has 0 aliphatic rings. The summed E-state index contributed by atoms with van der Waals surface area (Å²) in [5, 5.41) is 20.9. The van der Waals surface area contributed by atoms with E-state index in [0.717, 1.165) is 5.69 Å². The van der Waals surface area contributed by atoms with E-state index in [1.54, 1.807) is 24.3 Å². The van der Waals surface area contributed by atoms with E-state index in [4.69, 9.17) is 16.3 Å². The van der Waals surface area contributed by atoms with Gasteiger partial charge in [-0.3, -0.25) is 0 Å². The molecule has 0 atom stereocenters. The minimum Gasteiger partial charge on any atom is -0.396 e. The summed E-state index contributed by atoms with van der Waals surface area (Å²) in [6.45, 7) is 1.87. The van der Waals surface area contributed by atoms with Crippen molar-refractivity contribution in [1.82, 2.24) is 4.98 Å². The molecule has 0 aliphatic heterocycles. The van der Waals surface area contributed by atoms with Crippen LogP contribution in [-0.4, -0.2) is 4.98 Å². The second-order valence-corrected chi connectivity index (χ2v) is 4.00. The zero-order valence-corrected chi connectivity index (χ0v) is 10.3. The Labute approximate surface area is 110 Å². The molecular weight excluding hydrogens is 238 g/mol. The molecule has 0 spiro atoms. The molecule has 1 heterocycles. The minimum atomic E-state index is 0.318. The van der Waals surface area contributed by atoms with Crippen molar-refractivity contribution in [2.24, 2.45) is 0 Å². The molecule has 0 aliphatic carbocycles. The van der Waals surface area contributed by atoms with Gasteiger partial charge in [0, 0.05) is 11.4 Å². The van der Waals surface area contributed by atoms with Gasteiger partial charge < -0.3 is 11.1 Å². The van der Waals surface area contributed by atoms with Crippen molar-refractivity contribution < 1.29 is 0 Å². The van der Waals surface area contributed by atoms with Gasteiger partial charge in [0.25, 0.3) is 0 Å². The lowest BCUT2D eigenvalue weighted by Gasteiger charge is -2.09. The first-order chi connectivity index (χ1) is 9.13. The maximum atomic E-state index is 8.97. The van der Waals surface area contributed by atoms with Gasteiger partial charge in [0.1, 0.15) is 12.1 Å². The molecule has 0 radical (unpaired) electrons. The average Bonchev–Trinajstić information content (AvgIpc) is 2.42. The number of nitrogens with one attached hydrogen (secondary N) is 1. The molecule has 5 nitrogen and oxygen atoms in total. The van der Waals surface area contributed by atoms with E-state index in [9.17, 15) is 0 Å². The Bertz CT molecular complexity index is 707. The second-order valence-electron chi connectivity index (χ2n) is 4.00. The third-order valence-electron chi connectivity index (χ3n) is 2.59. The van der Waals surface area contributed by atoms with Crippen LogP contribution in [0.5, 0.6) is 0 Å². The summed E-state index contributed by atoms with van der Waals surface area (Å²) >= 11 is 0. The molecule has 19 heavy (non-hydrogen) atoms. The molecule has 0 saturated heterocycles. The first-order valence-electron chi connectivity index (χ1n) is 5.58. The van der Waals surface area contributed by atoms with Crippen molar-refractivity contribution in [3.8, 4) is 12.1 Å². The molecule has 1 aromatic heterocycles. The molecule has 0 saturated carbocycles. The number of rotatable bonds is 2. The lowest BCUT2D eigenvalue weighted by Crippen LogP contribution is -2.00. The number of aromatic nitrogens is 1. The van der Waals surface area contributed by atoms with Gasteiger partial charge in [0.05, 0.1) is 16.8 Å². The molecule has 2 rings (SSSR count). The summed E-state index contributed by atoms with van der Waals surface area (Å²) in [6.07, 6.45) is 0. The highest BCUT2D eigenvalue weighted by Crippen LogP contribution is 2.22. The van der Waals surface area contributed by atoms with Crippen molar-refractivity contribution >= 4 is 17.2 Å². The van der Waals surface area contributed by atoms with Crippen molar-refractivity contribution in [2.45, 2.75) is 6.92 Å². The molecule has 0 fully saturated rings. The number of hydrogen-bond acceptors (Lipinski definition) is 5. The van der Waals surface area contributed by atoms with Crippen LogP contribution in [0.4, 0.5) is 17.2 Å². The fraction of sp³-hybridized carbons (Fsp3) is 0.0714. The van der Waals surface area contributed by atoms with E-state index in [2.05, 4.69) is 10.3 Å². The minimum absolute atomic E-state index is 0.318. The SMILES string of the molecule is Cc1ccc(N)c(Nc2ccc(C#N)c(C#N)c2)n1. The van der Waals surface area contributed by atoms with E-state index in [1.807, 2.05) is 25.1 Å². The number of pyridine rings is 1. The van der Waals surface area contributed by atoms with Crippen LogP contribution in [0, 0.1) is 29.6 Å². The zero-order chi connectivity index (χ0) is 13.8. The Morgan fingerprint density at radius 3 is 2.53 bits per heavy atom. The number of aryl methyl sites for hydroxylation is 1. The Hall–Kier alpha value is -3.05. The maximum Gasteiger partial charge on any atom is 0.153 e. The van der Waals surface area contributed by atoms with E-state index in [-0.39, 0.29) is 0 Å². The number of benzene rings is 1. The van der Waals surface area contributed by atoms with Crippen LogP contribution in [0.15, 0.2) is 30.3 Å². The van der Waals surface area contributed by atoms with Gasteiger partial charge in [-0.05, 0) is 37.3 Å². The normalized spacial score (nSPS) is 9.42. The lowest BCUT2D eigenvalue weighted by atomic mass is 10.1.